The van der Waals surface area contributed by atoms with E-state index in [0.717, 1.165) is 0 Å². The van der Waals surface area contributed by atoms with Gasteiger partial charge in [0.1, 0.15) is 11.3 Å². The van der Waals surface area contributed by atoms with Crippen LogP contribution in [0.1, 0.15) is 11.7 Å². The number of nitrogens with one attached hydrogen (secondary N) is 1. The lowest BCUT2D eigenvalue weighted by molar-refractivity contribution is -0.150. The van der Waals surface area contributed by atoms with Gasteiger partial charge in [-0.2, -0.15) is 0 Å². The monoisotopic (exact) mass is 467 g/mol. The number of methoxy groups -OCH3 is 1. The van der Waals surface area contributed by atoms with Gasteiger partial charge in [0.2, 0.25) is 6.10 Å². The highest BCUT2D eigenvalue weighted by Gasteiger charge is 2.33. The fourth-order valence-electron chi connectivity index (χ4n) is 3.36. The molecule has 0 saturated carbocycles. The van der Waals surface area contributed by atoms with Crippen LogP contribution in [-0.2, 0) is 24.3 Å². The predicted molar refractivity (Wildman–Crippen MR) is 122 cm³/mol. The van der Waals surface area contributed by atoms with E-state index in [1.165, 1.54) is 13.2 Å². The standard InChI is InChI=1S/C23H21N3O6S/c1-31-18-10-5-9-17(15-18)24-22(27)20(16-7-3-2-4-8-16)32-23(28)19-11-6-12-26-13-14-33(29,30)25-21(19)26/h2-12,15,20H,13-14H2,1H3,(H,24,27). The fraction of sp³-hybridized carbons (Fsp3) is 0.174. The number of carbonyl (C=O) groups excluding carboxylic acids is 2. The number of hydrogen-bond acceptors (Lipinski definition) is 7. The number of esters is 1. The van der Waals surface area contributed by atoms with E-state index in [4.69, 9.17) is 9.47 Å². The average molecular weight is 468 g/mol. The molecule has 0 fully saturated rings. The van der Waals surface area contributed by atoms with Gasteiger partial charge in [0.25, 0.3) is 15.9 Å². The molecule has 33 heavy (non-hydrogen) atoms. The molecule has 170 valence electrons. The van der Waals surface area contributed by atoms with E-state index in [0.29, 0.717) is 17.0 Å². The molecular weight excluding hydrogens is 446 g/mol. The first kappa shape index (κ1) is 22.3. The lowest BCUT2D eigenvalue weighted by atomic mass is 10.1. The number of sulfonamides is 1. The molecule has 1 amide bonds. The van der Waals surface area contributed by atoms with Gasteiger partial charge in [0.05, 0.1) is 12.9 Å². The second kappa shape index (κ2) is 9.29. The van der Waals surface area contributed by atoms with Crippen LogP contribution in [0.25, 0.3) is 0 Å². The van der Waals surface area contributed by atoms with Crippen LogP contribution in [0.2, 0.25) is 0 Å². The Balaban J connectivity index is 1.61. The highest BCUT2D eigenvalue weighted by molar-refractivity contribution is 7.90. The number of fused-ring (bicyclic) bond motifs is 1. The van der Waals surface area contributed by atoms with Crippen molar-refractivity contribution in [1.82, 2.24) is 4.90 Å². The smallest absolute Gasteiger partial charge is 0.343 e. The molecular formula is C23H21N3O6S. The first-order valence-electron chi connectivity index (χ1n) is 10.1. The van der Waals surface area contributed by atoms with Gasteiger partial charge in [-0.1, -0.05) is 36.4 Å². The van der Waals surface area contributed by atoms with Gasteiger partial charge in [-0.15, -0.1) is 4.40 Å². The average Bonchev–Trinajstić information content (AvgIpc) is 2.82. The Morgan fingerprint density at radius 2 is 1.91 bits per heavy atom. The van der Waals surface area contributed by atoms with Gasteiger partial charge in [0.15, 0.2) is 5.84 Å². The molecule has 2 aliphatic heterocycles. The molecule has 9 nitrogen and oxygen atoms in total. The minimum absolute atomic E-state index is 0.0197. The van der Waals surface area contributed by atoms with Crippen LogP contribution < -0.4 is 10.1 Å². The third-order valence-electron chi connectivity index (χ3n) is 4.98. The number of benzene rings is 2. The summed E-state index contributed by atoms with van der Waals surface area (Å²) in [6.45, 7) is 0.167. The van der Waals surface area contributed by atoms with Crippen molar-refractivity contribution < 1.29 is 27.5 Å². The van der Waals surface area contributed by atoms with Gasteiger partial charge in [-0.25, -0.2) is 13.2 Å². The van der Waals surface area contributed by atoms with E-state index in [9.17, 15) is 18.0 Å². The first-order valence-corrected chi connectivity index (χ1v) is 11.7. The SMILES string of the molecule is COc1cccc(NC(=O)C(OC(=O)C2=CC=CN3CCS(=O)(=O)N=C23)c2ccccc2)c1. The molecule has 2 heterocycles. The quantitative estimate of drug-likeness (QED) is 0.649. The van der Waals surface area contributed by atoms with Crippen molar-refractivity contribution >= 4 is 33.4 Å². The second-order valence-corrected chi connectivity index (χ2v) is 8.99. The molecule has 1 N–H and O–H groups in total. The maximum absolute atomic E-state index is 13.1. The number of rotatable bonds is 6. The minimum Gasteiger partial charge on any atom is -0.497 e. The van der Waals surface area contributed by atoms with Crippen LogP contribution >= 0.6 is 0 Å². The predicted octanol–water partition coefficient (Wildman–Crippen LogP) is 2.42. The zero-order chi connectivity index (χ0) is 23.4. The Hall–Kier alpha value is -3.92. The van der Waals surface area contributed by atoms with Gasteiger partial charge >= 0.3 is 5.97 Å². The van der Waals surface area contributed by atoms with Crippen molar-refractivity contribution in [3.05, 3.63) is 84.1 Å². The zero-order valence-corrected chi connectivity index (χ0v) is 18.5. The second-order valence-electron chi connectivity index (χ2n) is 7.23. The van der Waals surface area contributed by atoms with E-state index in [-0.39, 0.29) is 23.7 Å². The molecule has 2 aromatic rings. The summed E-state index contributed by atoms with van der Waals surface area (Å²) in [6, 6.07) is 15.3. The van der Waals surface area contributed by atoms with Crippen LogP contribution in [0.15, 0.2) is 82.9 Å². The number of carbonyl (C=O) groups is 2. The maximum Gasteiger partial charge on any atom is 0.343 e. The summed E-state index contributed by atoms with van der Waals surface area (Å²) in [4.78, 5) is 27.8. The molecule has 10 heteroatoms. The molecule has 1 atom stereocenters. The normalized spacial score (nSPS) is 17.2. The van der Waals surface area contributed by atoms with Crippen molar-refractivity contribution in [2.75, 3.05) is 24.7 Å². The number of amides is 1. The largest absolute Gasteiger partial charge is 0.497 e. The summed E-state index contributed by atoms with van der Waals surface area (Å²) in [6.07, 6.45) is 3.36. The van der Waals surface area contributed by atoms with E-state index >= 15 is 0 Å². The molecule has 0 spiro atoms. The van der Waals surface area contributed by atoms with Gasteiger partial charge in [-0.05, 0) is 24.3 Å². The molecule has 2 aromatic carbocycles. The summed E-state index contributed by atoms with van der Waals surface area (Å²) < 4.78 is 38.5. The summed E-state index contributed by atoms with van der Waals surface area (Å²) in [5, 5.41) is 2.73. The van der Waals surface area contributed by atoms with Crippen LogP contribution in [0.3, 0.4) is 0 Å². The molecule has 0 radical (unpaired) electrons. The van der Waals surface area contributed by atoms with E-state index in [1.54, 1.807) is 71.8 Å². The van der Waals surface area contributed by atoms with Gasteiger partial charge in [-0.3, -0.25) is 4.79 Å². The lowest BCUT2D eigenvalue weighted by Crippen LogP contribution is -2.40. The maximum atomic E-state index is 13.1. The number of allylic oxidation sites excluding steroid dienone is 2. The third-order valence-corrected chi connectivity index (χ3v) is 6.13. The van der Waals surface area contributed by atoms with Crippen LogP contribution in [0.4, 0.5) is 5.69 Å². The number of hydrogen-bond donors (Lipinski definition) is 1. The van der Waals surface area contributed by atoms with Crippen molar-refractivity contribution in [2.45, 2.75) is 6.10 Å². The zero-order valence-electron chi connectivity index (χ0n) is 17.7. The summed E-state index contributed by atoms with van der Waals surface area (Å²) in [7, 11) is -2.18. The molecule has 0 bridgehead atoms. The van der Waals surface area contributed by atoms with Crippen LogP contribution in [0.5, 0.6) is 5.75 Å². The number of anilines is 1. The van der Waals surface area contributed by atoms with E-state index < -0.39 is 28.0 Å². The topological polar surface area (TPSA) is 114 Å². The summed E-state index contributed by atoms with van der Waals surface area (Å²) in [5.74, 6) is -1.07. The number of amidine groups is 1. The van der Waals surface area contributed by atoms with Crippen molar-refractivity contribution in [1.29, 1.82) is 0 Å². The van der Waals surface area contributed by atoms with Gasteiger partial charge < -0.3 is 19.7 Å². The van der Waals surface area contributed by atoms with Crippen molar-refractivity contribution in [3.8, 4) is 5.75 Å². The van der Waals surface area contributed by atoms with Crippen molar-refractivity contribution in [2.24, 2.45) is 4.40 Å². The number of ether oxygens (including phenoxy) is 2. The summed E-state index contributed by atoms with van der Waals surface area (Å²) >= 11 is 0. The summed E-state index contributed by atoms with van der Waals surface area (Å²) in [5.41, 5.74) is 0.870. The Kier molecular flexibility index (Phi) is 6.27. The van der Waals surface area contributed by atoms with E-state index in [2.05, 4.69) is 9.71 Å². The fourth-order valence-corrected chi connectivity index (χ4v) is 4.34. The highest BCUT2D eigenvalue weighted by atomic mass is 32.2. The molecule has 2 aliphatic rings. The first-order chi connectivity index (χ1) is 15.9. The molecule has 0 saturated heterocycles. The minimum atomic E-state index is -3.69. The molecule has 0 aliphatic carbocycles. The third kappa shape index (κ3) is 5.12. The van der Waals surface area contributed by atoms with E-state index in [1.807, 2.05) is 0 Å². The van der Waals surface area contributed by atoms with Gasteiger partial charge in [0, 0.05) is 30.1 Å². The van der Waals surface area contributed by atoms with Crippen molar-refractivity contribution in [3.63, 3.8) is 0 Å². The Bertz CT molecular complexity index is 1270. The molecule has 0 aromatic heterocycles. The molecule has 4 rings (SSSR count). The van der Waals surface area contributed by atoms with Crippen LogP contribution in [-0.4, -0.2) is 50.4 Å². The van der Waals surface area contributed by atoms with Crippen LogP contribution in [0, 0.1) is 0 Å². The Labute approximate surface area is 191 Å². The Morgan fingerprint density at radius 3 is 2.67 bits per heavy atom. The highest BCUT2D eigenvalue weighted by Crippen LogP contribution is 2.25. The number of nitrogens with zero attached hydrogens (tertiary/aromatic N) is 2. The lowest BCUT2D eigenvalue weighted by Gasteiger charge is -2.29. The molecule has 1 unspecified atom stereocenters. The Morgan fingerprint density at radius 1 is 1.12 bits per heavy atom.